The molecule has 30 heavy (non-hydrogen) atoms. The van der Waals surface area contributed by atoms with Gasteiger partial charge in [-0.25, -0.2) is 0 Å². The van der Waals surface area contributed by atoms with Gasteiger partial charge in [-0.1, -0.05) is 64.3 Å². The van der Waals surface area contributed by atoms with Gasteiger partial charge in [0.2, 0.25) is 0 Å². The molecule has 7 atom stereocenters. The van der Waals surface area contributed by atoms with Crippen molar-refractivity contribution in [3.63, 3.8) is 0 Å². The summed E-state index contributed by atoms with van der Waals surface area (Å²) in [5.74, 6) is 2.57. The molecule has 0 saturated heterocycles. The van der Waals surface area contributed by atoms with Gasteiger partial charge in [0.25, 0.3) is 0 Å². The molecular formula is C30H48. The summed E-state index contributed by atoms with van der Waals surface area (Å²) < 4.78 is 0. The molecule has 0 nitrogen and oxygen atoms in total. The van der Waals surface area contributed by atoms with E-state index in [1.165, 1.54) is 64.2 Å². The molecule has 0 aromatic heterocycles. The molecule has 5 rings (SSSR count). The summed E-state index contributed by atoms with van der Waals surface area (Å²) in [5.41, 5.74) is 7.91. The number of rotatable bonds is 0. The largest absolute Gasteiger partial charge is 0.0841 e. The monoisotopic (exact) mass is 408 g/mol. The number of hydrogen-bond donors (Lipinski definition) is 0. The molecule has 4 fully saturated rings. The Labute approximate surface area is 187 Å². The average molecular weight is 409 g/mol. The van der Waals surface area contributed by atoms with Gasteiger partial charge >= 0.3 is 0 Å². The molecule has 4 saturated carbocycles. The Hall–Kier alpha value is -0.520. The highest BCUT2D eigenvalue weighted by Crippen LogP contribution is 2.75. The van der Waals surface area contributed by atoms with Crippen molar-refractivity contribution in [3.8, 4) is 0 Å². The second kappa shape index (κ2) is 6.29. The first-order valence-corrected chi connectivity index (χ1v) is 13.2. The average Bonchev–Trinajstić information content (AvgIpc) is 3.01. The number of hydrogen-bond acceptors (Lipinski definition) is 0. The third-order valence-electron chi connectivity index (χ3n) is 12.3. The van der Waals surface area contributed by atoms with Gasteiger partial charge in [-0.2, -0.15) is 0 Å². The first-order chi connectivity index (χ1) is 13.9. The first-order valence-electron chi connectivity index (χ1n) is 13.2. The SMILES string of the molecule is CC(C)=C1CC[C@@]2(C)[C@H]3CC=C4[C@@H]5CC(C)(C)CC[C@]5(C)CC[C@@]4(C)[C@]3(C)CC[C@@H]12. The van der Waals surface area contributed by atoms with Crippen LogP contribution in [-0.2, 0) is 0 Å². The highest BCUT2D eigenvalue weighted by atomic mass is 14.7. The van der Waals surface area contributed by atoms with Crippen LogP contribution < -0.4 is 0 Å². The molecular weight excluding hydrogens is 360 g/mol. The Morgan fingerprint density at radius 1 is 0.833 bits per heavy atom. The summed E-state index contributed by atoms with van der Waals surface area (Å²) >= 11 is 0. The lowest BCUT2D eigenvalue weighted by molar-refractivity contribution is -0.132. The zero-order chi connectivity index (χ0) is 21.7. The Morgan fingerprint density at radius 3 is 2.23 bits per heavy atom. The highest BCUT2D eigenvalue weighted by molar-refractivity contribution is 5.35. The lowest BCUT2D eigenvalue weighted by Gasteiger charge is -2.68. The Kier molecular flexibility index (Phi) is 4.47. The standard InChI is InChI=1S/C30H48/c1-20(2)21-11-13-28(6)22(21)12-14-30(8)25(28)10-9-23-24-19-26(3,4)15-16-27(24,5)17-18-29(23,30)7/h9,22,24-25H,10-19H2,1-8H3/t22-,24-,25+,27+,28+,29+,30+/m0/s1. The molecule has 0 aromatic rings. The molecule has 0 bridgehead atoms. The van der Waals surface area contributed by atoms with E-state index >= 15 is 0 Å². The first kappa shape index (κ1) is 21.3. The van der Waals surface area contributed by atoms with Gasteiger partial charge in [-0.3, -0.25) is 0 Å². The summed E-state index contributed by atoms with van der Waals surface area (Å²) in [4.78, 5) is 0. The molecule has 168 valence electrons. The minimum atomic E-state index is 0.426. The van der Waals surface area contributed by atoms with Crippen LogP contribution in [0.1, 0.15) is 120 Å². The predicted molar refractivity (Wildman–Crippen MR) is 129 cm³/mol. The van der Waals surface area contributed by atoms with Crippen LogP contribution in [0.4, 0.5) is 0 Å². The van der Waals surface area contributed by atoms with Crippen LogP contribution in [0, 0.1) is 44.8 Å². The minimum absolute atomic E-state index is 0.426. The van der Waals surface area contributed by atoms with Crippen molar-refractivity contribution in [1.29, 1.82) is 0 Å². The van der Waals surface area contributed by atoms with Crippen LogP contribution in [-0.4, -0.2) is 0 Å². The molecule has 0 spiro atoms. The third-order valence-corrected chi connectivity index (χ3v) is 12.3. The molecule has 0 N–H and O–H groups in total. The van der Waals surface area contributed by atoms with Crippen LogP contribution in [0.3, 0.4) is 0 Å². The normalized spacial score (nSPS) is 51.9. The van der Waals surface area contributed by atoms with Crippen molar-refractivity contribution in [3.05, 3.63) is 22.8 Å². The van der Waals surface area contributed by atoms with Gasteiger partial charge in [0, 0.05) is 0 Å². The van der Waals surface area contributed by atoms with Crippen LogP contribution in [0.25, 0.3) is 0 Å². The van der Waals surface area contributed by atoms with Crippen molar-refractivity contribution in [1.82, 2.24) is 0 Å². The Balaban J connectivity index is 1.58. The smallest absolute Gasteiger partial charge is 0.00565 e. The van der Waals surface area contributed by atoms with Gasteiger partial charge in [0.15, 0.2) is 0 Å². The van der Waals surface area contributed by atoms with E-state index in [-0.39, 0.29) is 0 Å². The van der Waals surface area contributed by atoms with E-state index in [1.54, 1.807) is 5.57 Å². The zero-order valence-corrected chi connectivity index (χ0v) is 21.4. The number of allylic oxidation sites excluding steroid dienone is 4. The molecule has 5 aliphatic rings. The number of fused-ring (bicyclic) bond motifs is 7. The quantitative estimate of drug-likeness (QED) is 0.350. The van der Waals surface area contributed by atoms with Gasteiger partial charge in [0.05, 0.1) is 0 Å². The second-order valence-corrected chi connectivity index (χ2v) is 14.4. The van der Waals surface area contributed by atoms with Crippen molar-refractivity contribution < 1.29 is 0 Å². The lowest BCUT2D eigenvalue weighted by Crippen LogP contribution is -2.60. The van der Waals surface area contributed by atoms with Crippen LogP contribution in [0.2, 0.25) is 0 Å². The Morgan fingerprint density at radius 2 is 1.53 bits per heavy atom. The second-order valence-electron chi connectivity index (χ2n) is 14.4. The fraction of sp³-hybridized carbons (Fsp3) is 0.867. The minimum Gasteiger partial charge on any atom is -0.0841 e. The third kappa shape index (κ3) is 2.58. The van der Waals surface area contributed by atoms with Gasteiger partial charge < -0.3 is 0 Å². The van der Waals surface area contributed by atoms with Crippen molar-refractivity contribution in [2.24, 2.45) is 44.8 Å². The molecule has 0 radical (unpaired) electrons. The van der Waals surface area contributed by atoms with E-state index < -0.39 is 0 Å². The predicted octanol–water partition coefficient (Wildman–Crippen LogP) is 9.12. The maximum Gasteiger partial charge on any atom is -0.00565 e. The summed E-state index contributed by atoms with van der Waals surface area (Å²) in [7, 11) is 0. The lowest BCUT2D eigenvalue weighted by atomic mass is 9.36. The van der Waals surface area contributed by atoms with Crippen molar-refractivity contribution in [2.45, 2.75) is 120 Å². The molecule has 0 heteroatoms. The molecule has 0 heterocycles. The molecule has 5 aliphatic carbocycles. The molecule has 0 amide bonds. The van der Waals surface area contributed by atoms with Crippen molar-refractivity contribution in [2.75, 3.05) is 0 Å². The summed E-state index contributed by atoms with van der Waals surface area (Å²) in [6.45, 7) is 20.7. The highest BCUT2D eigenvalue weighted by Gasteiger charge is 2.66. The van der Waals surface area contributed by atoms with E-state index in [0.29, 0.717) is 27.1 Å². The zero-order valence-electron chi connectivity index (χ0n) is 21.4. The molecule has 0 aliphatic heterocycles. The maximum absolute atomic E-state index is 2.84. The van der Waals surface area contributed by atoms with Crippen LogP contribution >= 0.6 is 0 Å². The fourth-order valence-electron chi connectivity index (χ4n) is 9.98. The van der Waals surface area contributed by atoms with E-state index in [1.807, 2.05) is 11.1 Å². The van der Waals surface area contributed by atoms with E-state index in [0.717, 1.165) is 17.8 Å². The Bertz CT molecular complexity index is 806. The van der Waals surface area contributed by atoms with E-state index in [4.69, 9.17) is 0 Å². The summed E-state index contributed by atoms with van der Waals surface area (Å²) in [5, 5.41) is 0. The molecule has 0 unspecified atom stereocenters. The fourth-order valence-corrected chi connectivity index (χ4v) is 9.98. The van der Waals surface area contributed by atoms with Crippen LogP contribution in [0.15, 0.2) is 22.8 Å². The van der Waals surface area contributed by atoms with Crippen molar-refractivity contribution >= 4 is 0 Å². The molecule has 0 aromatic carbocycles. The van der Waals surface area contributed by atoms with E-state index in [2.05, 4.69) is 61.5 Å². The van der Waals surface area contributed by atoms with Gasteiger partial charge in [-0.05, 0) is 123 Å². The maximum atomic E-state index is 2.84. The van der Waals surface area contributed by atoms with E-state index in [9.17, 15) is 0 Å². The topological polar surface area (TPSA) is 0 Å². The summed E-state index contributed by atoms with van der Waals surface area (Å²) in [6, 6.07) is 0. The van der Waals surface area contributed by atoms with Gasteiger partial charge in [0.1, 0.15) is 0 Å². The van der Waals surface area contributed by atoms with Crippen LogP contribution in [0.5, 0.6) is 0 Å². The van der Waals surface area contributed by atoms with Gasteiger partial charge in [-0.15, -0.1) is 0 Å². The summed E-state index contributed by atoms with van der Waals surface area (Å²) in [6.07, 6.45) is 17.1.